The van der Waals surface area contributed by atoms with Gasteiger partial charge in [-0.15, -0.1) is 0 Å². The molecule has 1 heterocycles. The van der Waals surface area contributed by atoms with Crippen LogP contribution in [0.3, 0.4) is 0 Å². The zero-order chi connectivity index (χ0) is 28.6. The molecule has 0 bridgehead atoms. The SMILES string of the molecule is CC(C)c1cccc(C(C)C)c1NC(=O)C(=O)[C@@H](C(=O)c1ccc2ccccc2c1)[C@@H]1OC(=O)c2ccccc21. The van der Waals surface area contributed by atoms with Gasteiger partial charge in [-0.3, -0.25) is 14.4 Å². The minimum atomic E-state index is -1.55. The first-order valence-electron chi connectivity index (χ1n) is 13.5. The molecule has 1 N–H and O–H groups in total. The number of Topliss-reactive ketones (excluding diaryl/α,β-unsaturated/α-hetero) is 2. The van der Waals surface area contributed by atoms with Gasteiger partial charge in [0.15, 0.2) is 5.78 Å². The summed E-state index contributed by atoms with van der Waals surface area (Å²) in [7, 11) is 0. The summed E-state index contributed by atoms with van der Waals surface area (Å²) in [5, 5.41) is 4.59. The molecular weight excluding hydrogens is 502 g/mol. The molecule has 0 unspecified atom stereocenters. The number of amides is 1. The Balaban J connectivity index is 1.57. The molecule has 4 aromatic carbocycles. The van der Waals surface area contributed by atoms with Gasteiger partial charge in [-0.05, 0) is 45.9 Å². The molecule has 0 saturated heterocycles. The van der Waals surface area contributed by atoms with E-state index in [4.69, 9.17) is 4.74 Å². The van der Waals surface area contributed by atoms with Crippen LogP contribution in [0.1, 0.15) is 83.0 Å². The summed E-state index contributed by atoms with van der Waals surface area (Å²) < 4.78 is 5.61. The van der Waals surface area contributed by atoms with Crippen LogP contribution in [0.25, 0.3) is 10.8 Å². The Morgan fingerprint density at radius 3 is 2.05 bits per heavy atom. The van der Waals surface area contributed by atoms with Crippen molar-refractivity contribution in [2.45, 2.75) is 45.6 Å². The van der Waals surface area contributed by atoms with Gasteiger partial charge < -0.3 is 10.1 Å². The molecule has 1 aliphatic rings. The average Bonchev–Trinajstić information content (AvgIpc) is 3.28. The molecule has 0 saturated carbocycles. The summed E-state index contributed by atoms with van der Waals surface area (Å²) in [4.78, 5) is 54.4. The summed E-state index contributed by atoms with van der Waals surface area (Å²) in [6, 6.07) is 25.1. The first kappa shape index (κ1) is 27.0. The lowest BCUT2D eigenvalue weighted by Crippen LogP contribution is -2.38. The molecule has 0 aliphatic carbocycles. The summed E-state index contributed by atoms with van der Waals surface area (Å²) in [6.07, 6.45) is -1.22. The number of hydrogen-bond acceptors (Lipinski definition) is 5. The van der Waals surface area contributed by atoms with Crippen LogP contribution in [0.2, 0.25) is 0 Å². The molecular formula is C34H31NO5. The van der Waals surface area contributed by atoms with Gasteiger partial charge in [0.2, 0.25) is 5.78 Å². The van der Waals surface area contributed by atoms with Crippen molar-refractivity contribution in [3.8, 4) is 0 Å². The first-order valence-corrected chi connectivity index (χ1v) is 13.5. The smallest absolute Gasteiger partial charge is 0.339 e. The fourth-order valence-corrected chi connectivity index (χ4v) is 5.35. The molecule has 1 amide bonds. The Morgan fingerprint density at radius 2 is 1.38 bits per heavy atom. The summed E-state index contributed by atoms with van der Waals surface area (Å²) >= 11 is 0. The number of esters is 1. The number of carbonyl (C=O) groups excluding carboxylic acids is 4. The largest absolute Gasteiger partial charge is 0.453 e. The van der Waals surface area contributed by atoms with E-state index >= 15 is 0 Å². The maximum atomic E-state index is 14.0. The van der Waals surface area contributed by atoms with E-state index in [9.17, 15) is 19.2 Å². The van der Waals surface area contributed by atoms with Crippen molar-refractivity contribution in [3.05, 3.63) is 113 Å². The fraction of sp³-hybridized carbons (Fsp3) is 0.235. The number of cyclic esters (lactones) is 1. The number of nitrogens with one attached hydrogen (secondary N) is 1. The molecule has 5 rings (SSSR count). The quantitative estimate of drug-likeness (QED) is 0.114. The van der Waals surface area contributed by atoms with Crippen molar-refractivity contribution in [1.82, 2.24) is 0 Å². The van der Waals surface area contributed by atoms with Crippen molar-refractivity contribution in [3.63, 3.8) is 0 Å². The first-order chi connectivity index (χ1) is 19.2. The van der Waals surface area contributed by atoms with E-state index in [0.717, 1.165) is 21.9 Å². The number of ketones is 2. The van der Waals surface area contributed by atoms with E-state index in [0.29, 0.717) is 11.3 Å². The van der Waals surface area contributed by atoms with Gasteiger partial charge in [-0.25, -0.2) is 4.79 Å². The molecule has 2 atom stereocenters. The molecule has 6 nitrogen and oxygen atoms in total. The van der Waals surface area contributed by atoms with Crippen molar-refractivity contribution in [2.24, 2.45) is 5.92 Å². The summed E-state index contributed by atoms with van der Waals surface area (Å²) in [6.45, 7) is 8.05. The highest BCUT2D eigenvalue weighted by atomic mass is 16.5. The topological polar surface area (TPSA) is 89.5 Å². The van der Waals surface area contributed by atoms with Crippen LogP contribution in [0.15, 0.2) is 84.9 Å². The number of anilines is 1. The molecule has 40 heavy (non-hydrogen) atoms. The monoisotopic (exact) mass is 533 g/mol. The van der Waals surface area contributed by atoms with E-state index in [1.165, 1.54) is 0 Å². The lowest BCUT2D eigenvalue weighted by Gasteiger charge is -2.23. The van der Waals surface area contributed by atoms with Crippen molar-refractivity contribution in [1.29, 1.82) is 0 Å². The predicted molar refractivity (Wildman–Crippen MR) is 155 cm³/mol. The van der Waals surface area contributed by atoms with Crippen LogP contribution in [0, 0.1) is 5.92 Å². The number of rotatable bonds is 8. The fourth-order valence-electron chi connectivity index (χ4n) is 5.35. The van der Waals surface area contributed by atoms with E-state index in [1.54, 1.807) is 42.5 Å². The third kappa shape index (κ3) is 4.93. The molecule has 202 valence electrons. The van der Waals surface area contributed by atoms with Crippen molar-refractivity contribution < 1.29 is 23.9 Å². The van der Waals surface area contributed by atoms with Crippen LogP contribution in [0.4, 0.5) is 5.69 Å². The van der Waals surface area contributed by atoms with Gasteiger partial charge in [0.1, 0.15) is 12.0 Å². The summed E-state index contributed by atoms with van der Waals surface area (Å²) in [5.41, 5.74) is 3.31. The van der Waals surface area contributed by atoms with Gasteiger partial charge >= 0.3 is 5.97 Å². The van der Waals surface area contributed by atoms with E-state index in [2.05, 4.69) is 5.32 Å². The minimum absolute atomic E-state index is 0.0850. The second kappa shape index (κ2) is 10.9. The van der Waals surface area contributed by atoms with Gasteiger partial charge in [0, 0.05) is 16.8 Å². The standard InChI is InChI=1S/C34H31NO5/c1-19(2)24-14-9-15-25(20(3)4)29(24)35-33(38)31(37)28(32-26-12-7-8-13-27(26)34(39)40-32)30(36)23-17-16-21-10-5-6-11-22(21)18-23/h5-20,28,32H,1-4H3,(H,35,38)/t28-,32-/m1/s1. The van der Waals surface area contributed by atoms with Gasteiger partial charge in [0.25, 0.3) is 5.91 Å². The summed E-state index contributed by atoms with van der Waals surface area (Å²) in [5.74, 6) is -4.47. The number of ether oxygens (including phenoxy) is 1. The van der Waals surface area contributed by atoms with E-state index in [-0.39, 0.29) is 23.0 Å². The second-order valence-corrected chi connectivity index (χ2v) is 10.8. The Morgan fingerprint density at radius 1 is 0.750 bits per heavy atom. The van der Waals surface area contributed by atoms with E-state index in [1.807, 2.05) is 70.2 Å². The number of benzene rings is 4. The lowest BCUT2D eigenvalue weighted by molar-refractivity contribution is -0.138. The number of carbonyl (C=O) groups is 4. The van der Waals surface area contributed by atoms with E-state index < -0.39 is 35.5 Å². The molecule has 0 aromatic heterocycles. The lowest BCUT2D eigenvalue weighted by atomic mass is 9.84. The number of hydrogen-bond donors (Lipinski definition) is 1. The molecule has 1 aliphatic heterocycles. The highest BCUT2D eigenvalue weighted by Gasteiger charge is 2.46. The number of para-hydroxylation sites is 1. The van der Waals surface area contributed by atoms with Crippen molar-refractivity contribution in [2.75, 3.05) is 5.32 Å². The Hall–Kier alpha value is -4.58. The highest BCUT2D eigenvalue weighted by molar-refractivity contribution is 6.45. The zero-order valence-corrected chi connectivity index (χ0v) is 22.9. The minimum Gasteiger partial charge on any atom is -0.453 e. The highest BCUT2D eigenvalue weighted by Crippen LogP contribution is 2.39. The zero-order valence-electron chi connectivity index (χ0n) is 22.9. The van der Waals surface area contributed by atoms with Crippen LogP contribution in [-0.2, 0) is 14.3 Å². The number of fused-ring (bicyclic) bond motifs is 2. The van der Waals surface area contributed by atoms with Crippen LogP contribution in [-0.4, -0.2) is 23.4 Å². The van der Waals surface area contributed by atoms with Crippen LogP contribution >= 0.6 is 0 Å². The third-order valence-corrected chi connectivity index (χ3v) is 7.46. The van der Waals surface area contributed by atoms with Gasteiger partial charge in [0.05, 0.1) is 5.56 Å². The van der Waals surface area contributed by atoms with Crippen LogP contribution in [0.5, 0.6) is 0 Å². The Labute approximate surface area is 233 Å². The second-order valence-electron chi connectivity index (χ2n) is 10.8. The molecule has 0 spiro atoms. The Kier molecular flexibility index (Phi) is 7.35. The maximum Gasteiger partial charge on any atom is 0.339 e. The third-order valence-electron chi connectivity index (χ3n) is 7.46. The molecule has 0 fully saturated rings. The maximum absolute atomic E-state index is 14.0. The normalized spacial score (nSPS) is 15.2. The molecule has 4 aromatic rings. The predicted octanol–water partition coefficient (Wildman–Crippen LogP) is 7.01. The van der Waals surface area contributed by atoms with Crippen LogP contribution < -0.4 is 5.32 Å². The van der Waals surface area contributed by atoms with Crippen molar-refractivity contribution >= 4 is 39.9 Å². The molecule has 6 heteroatoms. The van der Waals surface area contributed by atoms with Gasteiger partial charge in [-0.1, -0.05) is 100 Å². The average molecular weight is 534 g/mol. The Bertz CT molecular complexity index is 1630. The van der Waals surface area contributed by atoms with Gasteiger partial charge in [-0.2, -0.15) is 0 Å². The molecule has 0 radical (unpaired) electrons.